The van der Waals surface area contributed by atoms with E-state index in [4.69, 9.17) is 0 Å². The molecule has 0 saturated heterocycles. The summed E-state index contributed by atoms with van der Waals surface area (Å²) in [6.45, 7) is 1.45. The van der Waals surface area contributed by atoms with Crippen molar-refractivity contribution in [1.29, 1.82) is 0 Å². The molecule has 0 aliphatic carbocycles. The van der Waals surface area contributed by atoms with E-state index < -0.39 is 0 Å². The van der Waals surface area contributed by atoms with E-state index in [0.717, 1.165) is 0 Å². The first kappa shape index (κ1) is 11.3. The molecule has 1 aromatic carbocycles. The second-order valence-electron chi connectivity index (χ2n) is 3.54. The van der Waals surface area contributed by atoms with Crippen LogP contribution in [0.3, 0.4) is 0 Å². The molecule has 86 valence electrons. The lowest BCUT2D eigenvalue weighted by atomic mass is 10.2. The lowest BCUT2D eigenvalue weighted by Crippen LogP contribution is -2.22. The van der Waals surface area contributed by atoms with Gasteiger partial charge < -0.3 is 0 Å². The van der Waals surface area contributed by atoms with E-state index in [0.29, 0.717) is 11.4 Å². The molecule has 0 aliphatic heterocycles. The molecule has 0 radical (unpaired) electrons. The van der Waals surface area contributed by atoms with Gasteiger partial charge in [-0.2, -0.15) is 0 Å². The first-order chi connectivity index (χ1) is 8.18. The van der Waals surface area contributed by atoms with E-state index in [1.54, 1.807) is 36.7 Å². The van der Waals surface area contributed by atoms with E-state index >= 15 is 0 Å². The summed E-state index contributed by atoms with van der Waals surface area (Å²) in [5.74, 6) is -0.479. The summed E-state index contributed by atoms with van der Waals surface area (Å²) in [7, 11) is 0. The summed E-state index contributed by atoms with van der Waals surface area (Å²) in [6, 6.07) is 9.28. The minimum absolute atomic E-state index is 0.149. The number of nitrogens with zero attached hydrogens (tertiary/aromatic N) is 2. The van der Waals surface area contributed by atoms with Crippen LogP contribution in [0.1, 0.15) is 6.92 Å². The summed E-state index contributed by atoms with van der Waals surface area (Å²) in [6.07, 6.45) is 3.22. The highest BCUT2D eigenvalue weighted by Gasteiger charge is 2.13. The minimum atomic E-state index is -0.330. The van der Waals surface area contributed by atoms with Crippen molar-refractivity contribution in [2.45, 2.75) is 6.92 Å². The number of benzene rings is 1. The molecule has 0 unspecified atom stereocenters. The molecule has 0 N–H and O–H groups in total. The zero-order valence-corrected chi connectivity index (χ0v) is 9.30. The number of carbonyl (C=O) groups excluding carboxylic acids is 1. The number of halogens is 1. The van der Waals surface area contributed by atoms with Crippen molar-refractivity contribution in [2.24, 2.45) is 0 Å². The van der Waals surface area contributed by atoms with Gasteiger partial charge in [0.25, 0.3) is 0 Å². The summed E-state index contributed by atoms with van der Waals surface area (Å²) in [4.78, 5) is 17.1. The Hall–Kier alpha value is -2.23. The predicted octanol–water partition coefficient (Wildman–Crippen LogP) is 2.91. The van der Waals surface area contributed by atoms with Crippen LogP contribution in [0, 0.1) is 5.82 Å². The van der Waals surface area contributed by atoms with Gasteiger partial charge in [-0.1, -0.05) is 0 Å². The summed E-state index contributed by atoms with van der Waals surface area (Å²) in [5, 5.41) is 0. The van der Waals surface area contributed by atoms with E-state index in [1.807, 2.05) is 0 Å². The zero-order chi connectivity index (χ0) is 12.3. The van der Waals surface area contributed by atoms with Crippen LogP contribution in [-0.4, -0.2) is 10.9 Å². The number of pyridine rings is 1. The average Bonchev–Trinajstić information content (AvgIpc) is 2.33. The van der Waals surface area contributed by atoms with Crippen molar-refractivity contribution < 1.29 is 9.18 Å². The molecule has 1 amide bonds. The highest BCUT2D eigenvalue weighted by atomic mass is 19.1. The monoisotopic (exact) mass is 230 g/mol. The number of amides is 1. The fourth-order valence-electron chi connectivity index (χ4n) is 1.59. The molecule has 17 heavy (non-hydrogen) atoms. The van der Waals surface area contributed by atoms with E-state index in [2.05, 4.69) is 4.98 Å². The van der Waals surface area contributed by atoms with Crippen molar-refractivity contribution in [2.75, 3.05) is 4.90 Å². The highest BCUT2D eigenvalue weighted by Crippen LogP contribution is 2.24. The quantitative estimate of drug-likeness (QED) is 0.794. The molecule has 0 fully saturated rings. The maximum atomic E-state index is 12.8. The molecule has 0 atom stereocenters. The molecule has 0 aliphatic rings. The minimum Gasteiger partial charge on any atom is -0.280 e. The van der Waals surface area contributed by atoms with Crippen LogP contribution < -0.4 is 4.90 Å². The van der Waals surface area contributed by atoms with Crippen LogP contribution >= 0.6 is 0 Å². The number of hydrogen-bond donors (Lipinski definition) is 0. The van der Waals surface area contributed by atoms with Gasteiger partial charge >= 0.3 is 0 Å². The van der Waals surface area contributed by atoms with Gasteiger partial charge in [0.2, 0.25) is 5.91 Å². The number of rotatable bonds is 2. The molecular formula is C13H11FN2O. The average molecular weight is 230 g/mol. The Bertz CT molecular complexity index is 511. The SMILES string of the molecule is CC(=O)N(c1ccc(F)cc1)c1cccnc1. The van der Waals surface area contributed by atoms with E-state index in [9.17, 15) is 9.18 Å². The normalized spacial score (nSPS) is 10.0. The summed E-state index contributed by atoms with van der Waals surface area (Å²) >= 11 is 0. The number of hydrogen-bond acceptors (Lipinski definition) is 2. The Labute approximate surface area is 98.5 Å². The zero-order valence-electron chi connectivity index (χ0n) is 9.30. The van der Waals surface area contributed by atoms with Crippen LogP contribution in [0.5, 0.6) is 0 Å². The third-order valence-electron chi connectivity index (χ3n) is 2.30. The standard InChI is InChI=1S/C13H11FN2O/c1-10(17)16(13-3-2-8-15-9-13)12-6-4-11(14)5-7-12/h2-9H,1H3. The predicted molar refractivity (Wildman–Crippen MR) is 63.5 cm³/mol. The lowest BCUT2D eigenvalue weighted by Gasteiger charge is -2.20. The fraction of sp³-hybridized carbons (Fsp3) is 0.0769. The van der Waals surface area contributed by atoms with Crippen molar-refractivity contribution in [1.82, 2.24) is 4.98 Å². The van der Waals surface area contributed by atoms with Crippen LogP contribution in [0.25, 0.3) is 0 Å². The third kappa shape index (κ3) is 2.47. The molecule has 3 nitrogen and oxygen atoms in total. The van der Waals surface area contributed by atoms with Crippen LogP contribution in [0.2, 0.25) is 0 Å². The second-order valence-corrected chi connectivity index (χ2v) is 3.54. The maximum absolute atomic E-state index is 12.8. The summed E-state index contributed by atoms with van der Waals surface area (Å²) < 4.78 is 12.8. The van der Waals surface area contributed by atoms with Crippen molar-refractivity contribution in [3.8, 4) is 0 Å². The van der Waals surface area contributed by atoms with Crippen molar-refractivity contribution >= 4 is 17.3 Å². The Morgan fingerprint density at radius 2 is 1.88 bits per heavy atom. The Morgan fingerprint density at radius 3 is 2.41 bits per heavy atom. The van der Waals surface area contributed by atoms with Gasteiger partial charge in [-0.15, -0.1) is 0 Å². The third-order valence-corrected chi connectivity index (χ3v) is 2.30. The fourth-order valence-corrected chi connectivity index (χ4v) is 1.59. The molecule has 0 spiro atoms. The van der Waals surface area contributed by atoms with Crippen LogP contribution in [0.4, 0.5) is 15.8 Å². The van der Waals surface area contributed by atoms with E-state index in [1.165, 1.54) is 24.0 Å². The van der Waals surface area contributed by atoms with Crippen LogP contribution in [-0.2, 0) is 4.79 Å². The molecule has 4 heteroatoms. The van der Waals surface area contributed by atoms with Gasteiger partial charge in [0.1, 0.15) is 5.82 Å². The van der Waals surface area contributed by atoms with Gasteiger partial charge in [-0.25, -0.2) is 4.39 Å². The lowest BCUT2D eigenvalue weighted by molar-refractivity contribution is -0.115. The topological polar surface area (TPSA) is 33.2 Å². The molecule has 2 aromatic rings. The first-order valence-electron chi connectivity index (χ1n) is 5.15. The Kier molecular flexibility index (Phi) is 3.14. The number of carbonyl (C=O) groups is 1. The smallest absolute Gasteiger partial charge is 0.228 e. The van der Waals surface area contributed by atoms with Crippen molar-refractivity contribution in [3.63, 3.8) is 0 Å². The largest absolute Gasteiger partial charge is 0.280 e. The molecule has 2 rings (SSSR count). The number of anilines is 2. The van der Waals surface area contributed by atoms with Gasteiger partial charge in [0, 0.05) is 18.8 Å². The highest BCUT2D eigenvalue weighted by molar-refractivity contribution is 5.98. The molecule has 1 heterocycles. The number of aromatic nitrogens is 1. The maximum Gasteiger partial charge on any atom is 0.228 e. The van der Waals surface area contributed by atoms with Gasteiger partial charge in [0.15, 0.2) is 0 Å². The van der Waals surface area contributed by atoms with Crippen LogP contribution in [0.15, 0.2) is 48.8 Å². The van der Waals surface area contributed by atoms with Gasteiger partial charge in [-0.3, -0.25) is 14.7 Å². The second kappa shape index (κ2) is 4.74. The van der Waals surface area contributed by atoms with Gasteiger partial charge in [-0.05, 0) is 36.4 Å². The Morgan fingerprint density at radius 1 is 1.18 bits per heavy atom. The Balaban J connectivity index is 2.43. The molecular weight excluding hydrogens is 219 g/mol. The van der Waals surface area contributed by atoms with Gasteiger partial charge in [0.05, 0.1) is 11.9 Å². The summed E-state index contributed by atoms with van der Waals surface area (Å²) in [5.41, 5.74) is 1.28. The van der Waals surface area contributed by atoms with E-state index in [-0.39, 0.29) is 11.7 Å². The first-order valence-corrected chi connectivity index (χ1v) is 5.15. The molecule has 0 bridgehead atoms. The molecule has 0 saturated carbocycles. The molecule has 1 aromatic heterocycles. The van der Waals surface area contributed by atoms with Crippen molar-refractivity contribution in [3.05, 3.63) is 54.6 Å².